The van der Waals surface area contributed by atoms with Crippen LogP contribution in [-0.4, -0.2) is 28.5 Å². The first-order chi connectivity index (χ1) is 8.45. The molecular formula is C15H21ClN2. The average Bonchev–Trinajstić information content (AvgIpc) is 2.32. The molecule has 0 aromatic carbocycles. The van der Waals surface area contributed by atoms with Gasteiger partial charge in [-0.25, -0.2) is 0 Å². The monoisotopic (exact) mass is 264 g/mol. The van der Waals surface area contributed by atoms with E-state index < -0.39 is 0 Å². The number of hydrogen-bond acceptors (Lipinski definition) is 2. The number of pyridine rings is 1. The SMILES string of the molecule is CC(C)(C)N1CCC(=Cc2ccc(Cl)cn2)CC1. The van der Waals surface area contributed by atoms with Crippen LogP contribution in [0, 0.1) is 0 Å². The zero-order valence-electron chi connectivity index (χ0n) is 11.4. The molecule has 0 atom stereocenters. The molecule has 0 N–H and O–H groups in total. The second-order valence-corrected chi connectivity index (χ2v) is 6.30. The fourth-order valence-corrected chi connectivity index (χ4v) is 2.40. The van der Waals surface area contributed by atoms with E-state index in [9.17, 15) is 0 Å². The van der Waals surface area contributed by atoms with Crippen LogP contribution in [0.2, 0.25) is 5.02 Å². The molecule has 98 valence electrons. The molecule has 0 radical (unpaired) electrons. The van der Waals surface area contributed by atoms with E-state index in [4.69, 9.17) is 11.6 Å². The Labute approximate surface area is 115 Å². The van der Waals surface area contributed by atoms with Gasteiger partial charge in [-0.2, -0.15) is 0 Å². The van der Waals surface area contributed by atoms with Gasteiger partial charge in [0, 0.05) is 24.8 Å². The maximum atomic E-state index is 5.83. The molecule has 2 nitrogen and oxygen atoms in total. The minimum absolute atomic E-state index is 0.282. The van der Waals surface area contributed by atoms with E-state index in [1.807, 2.05) is 12.1 Å². The lowest BCUT2D eigenvalue weighted by atomic mass is 9.97. The van der Waals surface area contributed by atoms with Crippen molar-refractivity contribution in [3.63, 3.8) is 0 Å². The van der Waals surface area contributed by atoms with Gasteiger partial charge in [0.15, 0.2) is 0 Å². The lowest BCUT2D eigenvalue weighted by molar-refractivity contribution is 0.126. The van der Waals surface area contributed by atoms with Gasteiger partial charge in [-0.1, -0.05) is 17.2 Å². The number of rotatable bonds is 1. The van der Waals surface area contributed by atoms with Crippen LogP contribution in [0.3, 0.4) is 0 Å². The molecule has 0 spiro atoms. The Morgan fingerprint density at radius 1 is 1.22 bits per heavy atom. The minimum atomic E-state index is 0.282. The molecular weight excluding hydrogens is 244 g/mol. The molecule has 0 unspecified atom stereocenters. The van der Waals surface area contributed by atoms with Crippen molar-refractivity contribution in [3.8, 4) is 0 Å². The molecule has 0 aliphatic carbocycles. The summed E-state index contributed by atoms with van der Waals surface area (Å²) in [4.78, 5) is 6.86. The second kappa shape index (κ2) is 5.41. The van der Waals surface area contributed by atoms with E-state index in [0.717, 1.165) is 31.6 Å². The van der Waals surface area contributed by atoms with Crippen LogP contribution >= 0.6 is 11.6 Å². The highest BCUT2D eigenvalue weighted by molar-refractivity contribution is 6.30. The summed E-state index contributed by atoms with van der Waals surface area (Å²) in [5, 5.41) is 0.694. The van der Waals surface area contributed by atoms with Gasteiger partial charge in [0.05, 0.1) is 10.7 Å². The maximum absolute atomic E-state index is 5.83. The van der Waals surface area contributed by atoms with Crippen LogP contribution in [0.4, 0.5) is 0 Å². The minimum Gasteiger partial charge on any atom is -0.298 e. The highest BCUT2D eigenvalue weighted by Crippen LogP contribution is 2.24. The molecule has 1 saturated heterocycles. The molecule has 1 aromatic rings. The van der Waals surface area contributed by atoms with E-state index in [1.165, 1.54) is 5.57 Å². The molecule has 1 aliphatic rings. The standard InChI is InChI=1S/C15H21ClN2/c1-15(2,3)18-8-6-12(7-9-18)10-14-5-4-13(16)11-17-14/h4-5,10-11H,6-9H2,1-3H3. The van der Waals surface area contributed by atoms with E-state index in [1.54, 1.807) is 6.20 Å². The number of aromatic nitrogens is 1. The first-order valence-corrected chi connectivity index (χ1v) is 6.89. The van der Waals surface area contributed by atoms with Crippen molar-refractivity contribution in [3.05, 3.63) is 34.6 Å². The maximum Gasteiger partial charge on any atom is 0.0630 e. The third-order valence-corrected chi connectivity index (χ3v) is 3.68. The topological polar surface area (TPSA) is 16.1 Å². The molecule has 1 aliphatic heterocycles. The summed E-state index contributed by atoms with van der Waals surface area (Å²) < 4.78 is 0. The molecule has 2 heterocycles. The van der Waals surface area contributed by atoms with Crippen molar-refractivity contribution in [2.24, 2.45) is 0 Å². The van der Waals surface area contributed by atoms with Crippen molar-refractivity contribution >= 4 is 17.7 Å². The Bertz CT molecular complexity index is 419. The van der Waals surface area contributed by atoms with E-state index in [0.29, 0.717) is 5.02 Å². The smallest absolute Gasteiger partial charge is 0.0630 e. The van der Waals surface area contributed by atoms with Gasteiger partial charge in [0.1, 0.15) is 0 Å². The molecule has 3 heteroatoms. The van der Waals surface area contributed by atoms with Crippen LogP contribution < -0.4 is 0 Å². The summed E-state index contributed by atoms with van der Waals surface area (Å²) in [7, 11) is 0. The number of nitrogens with zero attached hydrogens (tertiary/aromatic N) is 2. The Balaban J connectivity index is 1.99. The summed E-state index contributed by atoms with van der Waals surface area (Å²) in [6.45, 7) is 9.12. The third-order valence-electron chi connectivity index (χ3n) is 3.46. The zero-order chi connectivity index (χ0) is 13.2. The van der Waals surface area contributed by atoms with Crippen LogP contribution in [-0.2, 0) is 0 Å². The number of hydrogen-bond donors (Lipinski definition) is 0. The van der Waals surface area contributed by atoms with Crippen molar-refractivity contribution in [2.45, 2.75) is 39.2 Å². The van der Waals surface area contributed by atoms with E-state index >= 15 is 0 Å². The predicted octanol–water partition coefficient (Wildman–Crippen LogP) is 4.01. The van der Waals surface area contributed by atoms with Crippen LogP contribution in [0.25, 0.3) is 6.08 Å². The zero-order valence-corrected chi connectivity index (χ0v) is 12.2. The van der Waals surface area contributed by atoms with Gasteiger partial charge < -0.3 is 0 Å². The van der Waals surface area contributed by atoms with Gasteiger partial charge in [-0.3, -0.25) is 9.88 Å². The first-order valence-electron chi connectivity index (χ1n) is 6.51. The molecule has 0 amide bonds. The second-order valence-electron chi connectivity index (χ2n) is 5.86. The quantitative estimate of drug-likeness (QED) is 0.762. The highest BCUT2D eigenvalue weighted by Gasteiger charge is 2.24. The lowest BCUT2D eigenvalue weighted by Gasteiger charge is -2.39. The Morgan fingerprint density at radius 2 is 1.89 bits per heavy atom. The van der Waals surface area contributed by atoms with E-state index in [-0.39, 0.29) is 5.54 Å². The largest absolute Gasteiger partial charge is 0.298 e. The Kier molecular flexibility index (Phi) is 4.08. The lowest BCUT2D eigenvalue weighted by Crippen LogP contribution is -2.44. The van der Waals surface area contributed by atoms with Gasteiger partial charge >= 0.3 is 0 Å². The Morgan fingerprint density at radius 3 is 2.39 bits per heavy atom. The molecule has 18 heavy (non-hydrogen) atoms. The fourth-order valence-electron chi connectivity index (χ4n) is 2.29. The third kappa shape index (κ3) is 3.56. The van der Waals surface area contributed by atoms with E-state index in [2.05, 4.69) is 36.7 Å². The normalized spacial score (nSPS) is 17.9. The summed E-state index contributed by atoms with van der Waals surface area (Å²) in [5.41, 5.74) is 2.79. The predicted molar refractivity (Wildman–Crippen MR) is 77.8 cm³/mol. The van der Waals surface area contributed by atoms with Crippen LogP contribution in [0.15, 0.2) is 23.9 Å². The average molecular weight is 265 g/mol. The van der Waals surface area contributed by atoms with Crippen molar-refractivity contribution in [2.75, 3.05) is 13.1 Å². The van der Waals surface area contributed by atoms with Crippen LogP contribution in [0.1, 0.15) is 39.3 Å². The summed E-state index contributed by atoms with van der Waals surface area (Å²) >= 11 is 5.83. The van der Waals surface area contributed by atoms with Crippen molar-refractivity contribution < 1.29 is 0 Å². The number of halogens is 1. The van der Waals surface area contributed by atoms with Crippen LogP contribution in [0.5, 0.6) is 0 Å². The summed E-state index contributed by atoms with van der Waals surface area (Å²) in [6.07, 6.45) is 6.19. The van der Waals surface area contributed by atoms with Gasteiger partial charge in [0.25, 0.3) is 0 Å². The highest BCUT2D eigenvalue weighted by atomic mass is 35.5. The summed E-state index contributed by atoms with van der Waals surface area (Å²) in [6, 6.07) is 3.87. The molecule has 1 aromatic heterocycles. The molecule has 0 bridgehead atoms. The molecule has 0 saturated carbocycles. The van der Waals surface area contributed by atoms with Crippen molar-refractivity contribution in [1.82, 2.24) is 9.88 Å². The van der Waals surface area contributed by atoms with Gasteiger partial charge in [-0.05, 0) is 51.8 Å². The van der Waals surface area contributed by atoms with Crippen molar-refractivity contribution in [1.29, 1.82) is 0 Å². The Hall–Kier alpha value is -0.860. The number of likely N-dealkylation sites (tertiary alicyclic amines) is 1. The first kappa shape index (κ1) is 13.6. The summed E-state index contributed by atoms with van der Waals surface area (Å²) in [5.74, 6) is 0. The van der Waals surface area contributed by atoms with Gasteiger partial charge in [-0.15, -0.1) is 0 Å². The van der Waals surface area contributed by atoms with Gasteiger partial charge in [0.2, 0.25) is 0 Å². The molecule has 2 rings (SSSR count). The molecule has 1 fully saturated rings. The number of piperidine rings is 1. The fraction of sp³-hybridized carbons (Fsp3) is 0.533.